The van der Waals surface area contributed by atoms with Crippen LogP contribution in [-0.4, -0.2) is 77.1 Å². The Kier molecular flexibility index (Phi) is 6.29. The molecule has 0 unspecified atom stereocenters. The minimum atomic E-state index is -1.78. The van der Waals surface area contributed by atoms with Gasteiger partial charge in [0.2, 0.25) is 0 Å². The number of nitrogens with zero attached hydrogens (tertiary/aromatic N) is 1. The van der Waals surface area contributed by atoms with Gasteiger partial charge in [-0.2, -0.15) is 0 Å². The predicted molar refractivity (Wildman–Crippen MR) is 137 cm³/mol. The molecular weight excluding hydrogens is 522 g/mol. The molecule has 0 radical (unpaired) electrons. The molecule has 0 N–H and O–H groups in total. The van der Waals surface area contributed by atoms with Crippen LogP contribution in [0.4, 0.5) is 0 Å². The molecule has 4 heterocycles. The first-order valence-corrected chi connectivity index (χ1v) is 13.0. The molecule has 0 amide bonds. The van der Waals surface area contributed by atoms with Crippen molar-refractivity contribution in [1.29, 1.82) is 0 Å². The fourth-order valence-electron chi connectivity index (χ4n) is 7.60. The van der Waals surface area contributed by atoms with Crippen LogP contribution in [0.25, 0.3) is 0 Å². The number of fused-ring (bicyclic) bond motifs is 9. The van der Waals surface area contributed by atoms with Gasteiger partial charge in [-0.25, -0.2) is 4.79 Å². The molecule has 2 saturated heterocycles. The Labute approximate surface area is 231 Å². The standard InChI is InChI=1S/C29H31NO10/c1-34-14-6-8-20-16(10-14)24-18(12-39-20)22(26(31)36-3)29(28(33)38-5)23(27(32)37-4)19-13-40-21-9-7-15(35-2)11-17(21)25(19)30(24)29/h6-11,18-19,22-25H,12-13H2,1-5H3/t18-,19-,22+,23+,24-,25-/m1/s1. The third-order valence-electron chi connectivity index (χ3n) is 9.00. The van der Waals surface area contributed by atoms with Crippen LogP contribution in [0, 0.1) is 23.7 Å². The molecule has 4 aliphatic heterocycles. The second-order valence-electron chi connectivity index (χ2n) is 10.4. The third-order valence-corrected chi connectivity index (χ3v) is 9.00. The Morgan fingerprint density at radius 2 is 1.18 bits per heavy atom. The van der Waals surface area contributed by atoms with Crippen LogP contribution in [0.3, 0.4) is 0 Å². The number of carbonyl (C=O) groups is 3. The molecule has 6 rings (SSSR count). The lowest BCUT2D eigenvalue weighted by Gasteiger charge is -2.41. The van der Waals surface area contributed by atoms with Crippen LogP contribution in [-0.2, 0) is 28.6 Å². The second kappa shape index (κ2) is 9.58. The molecule has 4 aliphatic rings. The zero-order chi connectivity index (χ0) is 28.3. The average molecular weight is 554 g/mol. The predicted octanol–water partition coefficient (Wildman–Crippen LogP) is 2.32. The fourth-order valence-corrected chi connectivity index (χ4v) is 7.60. The highest BCUT2D eigenvalue weighted by molar-refractivity contribution is 5.96. The maximum absolute atomic E-state index is 14.2. The van der Waals surface area contributed by atoms with Gasteiger partial charge in [-0.3, -0.25) is 14.5 Å². The number of hydrogen-bond acceptors (Lipinski definition) is 11. The van der Waals surface area contributed by atoms with E-state index in [1.54, 1.807) is 26.4 Å². The summed E-state index contributed by atoms with van der Waals surface area (Å²) in [5.41, 5.74) is -0.312. The van der Waals surface area contributed by atoms with Gasteiger partial charge in [0, 0.05) is 35.0 Å². The molecule has 2 aromatic carbocycles. The topological polar surface area (TPSA) is 119 Å². The second-order valence-corrected chi connectivity index (χ2v) is 10.4. The minimum absolute atomic E-state index is 0.117. The first-order chi connectivity index (χ1) is 19.4. The molecule has 0 aromatic heterocycles. The normalized spacial score (nSPS) is 31.1. The van der Waals surface area contributed by atoms with Crippen molar-refractivity contribution >= 4 is 17.9 Å². The fraction of sp³-hybridized carbons (Fsp3) is 0.483. The van der Waals surface area contributed by atoms with Crippen LogP contribution < -0.4 is 18.9 Å². The van der Waals surface area contributed by atoms with Crippen molar-refractivity contribution in [3.8, 4) is 23.0 Å². The van der Waals surface area contributed by atoms with Crippen LogP contribution in [0.1, 0.15) is 23.2 Å². The zero-order valence-electron chi connectivity index (χ0n) is 22.9. The zero-order valence-corrected chi connectivity index (χ0v) is 22.9. The largest absolute Gasteiger partial charge is 0.497 e. The molecule has 0 saturated carbocycles. The summed E-state index contributed by atoms with van der Waals surface area (Å²) < 4.78 is 39.4. The molecule has 11 nitrogen and oxygen atoms in total. The molecule has 0 aliphatic carbocycles. The Morgan fingerprint density at radius 3 is 1.55 bits per heavy atom. The lowest BCUT2D eigenvalue weighted by molar-refractivity contribution is -0.173. The number of benzene rings is 2. The van der Waals surface area contributed by atoms with Gasteiger partial charge >= 0.3 is 17.9 Å². The molecule has 0 spiro atoms. The van der Waals surface area contributed by atoms with E-state index in [4.69, 9.17) is 33.2 Å². The van der Waals surface area contributed by atoms with Gasteiger partial charge in [-0.15, -0.1) is 0 Å². The van der Waals surface area contributed by atoms with E-state index in [1.807, 2.05) is 29.2 Å². The lowest BCUT2D eigenvalue weighted by atomic mass is 9.67. The Bertz CT molecular complexity index is 1280. The van der Waals surface area contributed by atoms with Crippen LogP contribution >= 0.6 is 0 Å². The highest BCUT2D eigenvalue weighted by atomic mass is 16.5. The smallest absolute Gasteiger partial charge is 0.328 e. The summed E-state index contributed by atoms with van der Waals surface area (Å²) in [7, 11) is 6.92. The first kappa shape index (κ1) is 26.2. The molecule has 2 fully saturated rings. The molecule has 0 bridgehead atoms. The van der Waals surface area contributed by atoms with Gasteiger partial charge in [0.05, 0.1) is 60.6 Å². The van der Waals surface area contributed by atoms with E-state index in [0.29, 0.717) is 23.0 Å². The van der Waals surface area contributed by atoms with Crippen molar-refractivity contribution < 1.29 is 47.5 Å². The van der Waals surface area contributed by atoms with Crippen molar-refractivity contribution in [1.82, 2.24) is 4.90 Å². The van der Waals surface area contributed by atoms with Crippen LogP contribution in [0.15, 0.2) is 36.4 Å². The van der Waals surface area contributed by atoms with Crippen molar-refractivity contribution in [2.75, 3.05) is 48.8 Å². The summed E-state index contributed by atoms with van der Waals surface area (Å²) >= 11 is 0. The minimum Gasteiger partial charge on any atom is -0.497 e. The Balaban J connectivity index is 1.70. The van der Waals surface area contributed by atoms with Gasteiger partial charge in [-0.1, -0.05) is 0 Å². The summed E-state index contributed by atoms with van der Waals surface area (Å²) in [4.78, 5) is 43.7. The lowest BCUT2D eigenvalue weighted by Crippen LogP contribution is -2.60. The van der Waals surface area contributed by atoms with Crippen molar-refractivity contribution in [2.45, 2.75) is 17.6 Å². The molecule has 212 valence electrons. The summed E-state index contributed by atoms with van der Waals surface area (Å²) in [6, 6.07) is 9.81. The highest BCUT2D eigenvalue weighted by Crippen LogP contribution is 2.69. The van der Waals surface area contributed by atoms with Crippen molar-refractivity contribution in [2.24, 2.45) is 23.7 Å². The van der Waals surface area contributed by atoms with Gasteiger partial charge in [0.15, 0.2) is 0 Å². The number of ether oxygens (including phenoxy) is 7. The highest BCUT2D eigenvalue weighted by Gasteiger charge is 2.80. The molecular formula is C29H31NO10. The monoisotopic (exact) mass is 553 g/mol. The van der Waals surface area contributed by atoms with E-state index in [0.717, 1.165) is 11.1 Å². The van der Waals surface area contributed by atoms with E-state index in [9.17, 15) is 14.4 Å². The summed E-state index contributed by atoms with van der Waals surface area (Å²) in [6.07, 6.45) is 0. The van der Waals surface area contributed by atoms with Crippen molar-refractivity contribution in [3.63, 3.8) is 0 Å². The van der Waals surface area contributed by atoms with Gasteiger partial charge in [0.1, 0.15) is 28.5 Å². The Morgan fingerprint density at radius 1 is 0.725 bits per heavy atom. The number of methoxy groups -OCH3 is 5. The van der Waals surface area contributed by atoms with E-state index in [1.165, 1.54) is 21.3 Å². The van der Waals surface area contributed by atoms with Crippen molar-refractivity contribution in [3.05, 3.63) is 47.5 Å². The number of hydrogen-bond donors (Lipinski definition) is 0. The maximum atomic E-state index is 14.2. The Hall–Kier alpha value is -3.99. The van der Waals surface area contributed by atoms with E-state index < -0.39 is 59.2 Å². The van der Waals surface area contributed by atoms with Gasteiger partial charge in [0.25, 0.3) is 0 Å². The number of esters is 3. The third kappa shape index (κ3) is 3.30. The average Bonchev–Trinajstić information content (AvgIpc) is 3.47. The SMILES string of the molecule is COC(=O)[C@@H]1[C@H]2COc3ccc(OC)cc3[C@H]2N2[C@@H]3c4cc(OC)ccc4OC[C@@H]3[C@@H](C(=O)OC)C12C(=O)OC. The molecule has 40 heavy (non-hydrogen) atoms. The summed E-state index contributed by atoms with van der Waals surface area (Å²) in [6.45, 7) is 0.234. The van der Waals surface area contributed by atoms with Crippen LogP contribution in [0.5, 0.6) is 23.0 Å². The molecule has 2 aromatic rings. The summed E-state index contributed by atoms with van der Waals surface area (Å²) in [5, 5.41) is 0. The van der Waals surface area contributed by atoms with Gasteiger partial charge < -0.3 is 33.2 Å². The van der Waals surface area contributed by atoms with E-state index in [2.05, 4.69) is 0 Å². The van der Waals surface area contributed by atoms with Gasteiger partial charge in [-0.05, 0) is 36.4 Å². The maximum Gasteiger partial charge on any atom is 0.328 e. The summed E-state index contributed by atoms with van der Waals surface area (Å²) in [5.74, 6) is -2.98. The first-order valence-electron chi connectivity index (χ1n) is 13.0. The molecule has 6 atom stereocenters. The van der Waals surface area contributed by atoms with E-state index >= 15 is 0 Å². The quantitative estimate of drug-likeness (QED) is 0.401. The van der Waals surface area contributed by atoms with E-state index in [-0.39, 0.29) is 13.2 Å². The number of rotatable bonds is 5. The number of carbonyl (C=O) groups excluding carboxylic acids is 3. The molecule has 11 heteroatoms. The van der Waals surface area contributed by atoms with Crippen LogP contribution in [0.2, 0.25) is 0 Å².